The van der Waals surface area contributed by atoms with Crippen LogP contribution in [0.15, 0.2) is 23.3 Å². The Morgan fingerprint density at radius 1 is 1.14 bits per heavy atom. The maximum Gasteiger partial charge on any atom is 0.240 e. The number of rotatable bonds is 9. The van der Waals surface area contributed by atoms with Gasteiger partial charge in [-0.15, -0.1) is 0 Å². The summed E-state index contributed by atoms with van der Waals surface area (Å²) in [6.07, 6.45) is 4.84. The summed E-state index contributed by atoms with van der Waals surface area (Å²) in [7, 11) is 3.18. The SMILES string of the molecule is CCCCCCC(=O)NN=C(C)c1ccc(OC)c(OC)c1. The van der Waals surface area contributed by atoms with Gasteiger partial charge in [0.25, 0.3) is 0 Å². The van der Waals surface area contributed by atoms with Crippen LogP contribution in [-0.2, 0) is 4.79 Å². The highest BCUT2D eigenvalue weighted by Crippen LogP contribution is 2.27. The third-order valence-electron chi connectivity index (χ3n) is 3.41. The molecule has 0 unspecified atom stereocenters. The number of hydrogen-bond donors (Lipinski definition) is 1. The van der Waals surface area contributed by atoms with Gasteiger partial charge in [0.2, 0.25) is 5.91 Å². The maximum atomic E-state index is 11.7. The van der Waals surface area contributed by atoms with Gasteiger partial charge in [-0.05, 0) is 31.5 Å². The lowest BCUT2D eigenvalue weighted by atomic mass is 10.1. The van der Waals surface area contributed by atoms with Gasteiger partial charge >= 0.3 is 0 Å². The van der Waals surface area contributed by atoms with Crippen molar-refractivity contribution in [2.75, 3.05) is 14.2 Å². The van der Waals surface area contributed by atoms with E-state index >= 15 is 0 Å². The first kappa shape index (κ1) is 18.0. The van der Waals surface area contributed by atoms with Gasteiger partial charge in [-0.3, -0.25) is 4.79 Å². The molecule has 5 nitrogen and oxygen atoms in total. The first-order chi connectivity index (χ1) is 10.6. The summed E-state index contributed by atoms with van der Waals surface area (Å²) in [4.78, 5) is 11.7. The zero-order valence-electron chi connectivity index (χ0n) is 13.9. The molecule has 0 aliphatic heterocycles. The molecule has 0 bridgehead atoms. The Morgan fingerprint density at radius 3 is 2.50 bits per heavy atom. The Labute approximate surface area is 132 Å². The van der Waals surface area contributed by atoms with Gasteiger partial charge in [-0.1, -0.05) is 26.2 Å². The summed E-state index contributed by atoms with van der Waals surface area (Å²) in [5.74, 6) is 1.26. The maximum absolute atomic E-state index is 11.7. The normalized spacial score (nSPS) is 11.2. The highest BCUT2D eigenvalue weighted by molar-refractivity contribution is 5.99. The summed E-state index contributed by atoms with van der Waals surface area (Å²) in [5.41, 5.74) is 4.20. The molecular formula is C17H26N2O3. The molecule has 0 saturated heterocycles. The van der Waals surface area contributed by atoms with Crippen LogP contribution in [0, 0.1) is 0 Å². The van der Waals surface area contributed by atoms with Crippen LogP contribution in [0.4, 0.5) is 0 Å². The van der Waals surface area contributed by atoms with E-state index in [-0.39, 0.29) is 5.91 Å². The molecule has 1 aromatic rings. The van der Waals surface area contributed by atoms with Crippen LogP contribution in [0.5, 0.6) is 11.5 Å². The second kappa shape index (κ2) is 9.82. The first-order valence-electron chi connectivity index (χ1n) is 7.67. The van der Waals surface area contributed by atoms with Crippen LogP contribution in [0.2, 0.25) is 0 Å². The fraction of sp³-hybridized carbons (Fsp3) is 0.529. The van der Waals surface area contributed by atoms with Crippen molar-refractivity contribution in [3.05, 3.63) is 23.8 Å². The zero-order valence-corrected chi connectivity index (χ0v) is 13.9. The molecule has 1 aromatic carbocycles. The molecule has 0 aromatic heterocycles. The molecule has 0 radical (unpaired) electrons. The monoisotopic (exact) mass is 306 g/mol. The van der Waals surface area contributed by atoms with Crippen LogP contribution in [0.25, 0.3) is 0 Å². The Morgan fingerprint density at radius 2 is 1.86 bits per heavy atom. The van der Waals surface area contributed by atoms with Crippen molar-refractivity contribution < 1.29 is 14.3 Å². The van der Waals surface area contributed by atoms with E-state index in [0.717, 1.165) is 30.5 Å². The molecule has 1 rings (SSSR count). The fourth-order valence-electron chi connectivity index (χ4n) is 2.04. The van der Waals surface area contributed by atoms with Crippen molar-refractivity contribution in [2.24, 2.45) is 5.10 Å². The van der Waals surface area contributed by atoms with Gasteiger partial charge in [0, 0.05) is 12.0 Å². The van der Waals surface area contributed by atoms with Gasteiger partial charge in [0.05, 0.1) is 19.9 Å². The summed E-state index contributed by atoms with van der Waals surface area (Å²) in [6, 6.07) is 5.54. The number of nitrogens with one attached hydrogen (secondary N) is 1. The molecule has 0 spiro atoms. The largest absolute Gasteiger partial charge is 0.493 e. The number of amides is 1. The Kier molecular flexibility index (Phi) is 8.04. The van der Waals surface area contributed by atoms with E-state index in [0.29, 0.717) is 17.9 Å². The molecule has 0 aliphatic carbocycles. The Hall–Kier alpha value is -2.04. The van der Waals surface area contributed by atoms with E-state index in [1.807, 2.05) is 25.1 Å². The third-order valence-corrected chi connectivity index (χ3v) is 3.41. The average Bonchev–Trinajstić information content (AvgIpc) is 2.55. The lowest BCUT2D eigenvalue weighted by Crippen LogP contribution is -2.18. The summed E-state index contributed by atoms with van der Waals surface area (Å²) < 4.78 is 10.5. The highest BCUT2D eigenvalue weighted by atomic mass is 16.5. The Bertz CT molecular complexity index is 513. The third kappa shape index (κ3) is 5.76. The van der Waals surface area contributed by atoms with Gasteiger partial charge in [-0.25, -0.2) is 5.43 Å². The predicted molar refractivity (Wildman–Crippen MR) is 88.7 cm³/mol. The lowest BCUT2D eigenvalue weighted by molar-refractivity contribution is -0.121. The van der Waals surface area contributed by atoms with E-state index in [1.165, 1.54) is 6.42 Å². The van der Waals surface area contributed by atoms with Crippen molar-refractivity contribution in [2.45, 2.75) is 46.0 Å². The quantitative estimate of drug-likeness (QED) is 0.431. The van der Waals surface area contributed by atoms with Gasteiger partial charge in [0.1, 0.15) is 0 Å². The number of carbonyl (C=O) groups is 1. The number of ether oxygens (including phenoxy) is 2. The second-order valence-electron chi connectivity index (χ2n) is 5.11. The molecule has 1 N–H and O–H groups in total. The lowest BCUT2D eigenvalue weighted by Gasteiger charge is -2.09. The van der Waals surface area contributed by atoms with Crippen molar-refractivity contribution in [3.8, 4) is 11.5 Å². The summed E-state index contributed by atoms with van der Waals surface area (Å²) >= 11 is 0. The van der Waals surface area contributed by atoms with Crippen molar-refractivity contribution in [1.29, 1.82) is 0 Å². The fourth-order valence-corrected chi connectivity index (χ4v) is 2.04. The van der Waals surface area contributed by atoms with Crippen molar-refractivity contribution in [1.82, 2.24) is 5.43 Å². The molecule has 0 fully saturated rings. The number of hydrazone groups is 1. The number of hydrogen-bond acceptors (Lipinski definition) is 4. The van der Waals surface area contributed by atoms with Crippen LogP contribution in [-0.4, -0.2) is 25.8 Å². The predicted octanol–water partition coefficient (Wildman–Crippen LogP) is 3.51. The standard InChI is InChI=1S/C17H26N2O3/c1-5-6-7-8-9-17(20)19-18-13(2)14-10-11-15(21-3)16(12-14)22-4/h10-12H,5-9H2,1-4H3,(H,19,20). The zero-order chi connectivity index (χ0) is 16.4. The van der Waals surface area contributed by atoms with Crippen LogP contribution >= 0.6 is 0 Å². The molecule has 0 saturated carbocycles. The number of benzene rings is 1. The summed E-state index contributed by atoms with van der Waals surface area (Å²) in [5, 5.41) is 4.14. The smallest absolute Gasteiger partial charge is 0.240 e. The minimum absolute atomic E-state index is 0.0454. The number of methoxy groups -OCH3 is 2. The van der Waals surface area contributed by atoms with E-state index in [4.69, 9.17) is 9.47 Å². The molecule has 5 heteroatoms. The van der Waals surface area contributed by atoms with E-state index < -0.39 is 0 Å². The molecule has 1 amide bonds. The number of carbonyl (C=O) groups excluding carboxylic acids is 1. The van der Waals surface area contributed by atoms with E-state index in [9.17, 15) is 4.79 Å². The average molecular weight is 306 g/mol. The molecule has 122 valence electrons. The van der Waals surface area contributed by atoms with Crippen molar-refractivity contribution >= 4 is 11.6 Å². The molecule has 0 atom stereocenters. The number of unbranched alkanes of at least 4 members (excludes halogenated alkanes) is 3. The van der Waals surface area contributed by atoms with Crippen LogP contribution in [0.3, 0.4) is 0 Å². The molecule has 0 aliphatic rings. The van der Waals surface area contributed by atoms with Crippen LogP contribution in [0.1, 0.15) is 51.5 Å². The van der Waals surface area contributed by atoms with E-state index in [2.05, 4.69) is 17.5 Å². The summed E-state index contributed by atoms with van der Waals surface area (Å²) in [6.45, 7) is 4.00. The molecule has 22 heavy (non-hydrogen) atoms. The molecule has 0 heterocycles. The van der Waals surface area contributed by atoms with Gasteiger partial charge in [-0.2, -0.15) is 5.10 Å². The highest BCUT2D eigenvalue weighted by Gasteiger charge is 2.07. The van der Waals surface area contributed by atoms with Crippen molar-refractivity contribution in [3.63, 3.8) is 0 Å². The first-order valence-corrected chi connectivity index (χ1v) is 7.67. The van der Waals surface area contributed by atoms with Crippen LogP contribution < -0.4 is 14.9 Å². The Balaban J connectivity index is 2.59. The number of nitrogens with zero attached hydrogens (tertiary/aromatic N) is 1. The minimum atomic E-state index is -0.0454. The van der Waals surface area contributed by atoms with Gasteiger partial charge < -0.3 is 9.47 Å². The minimum Gasteiger partial charge on any atom is -0.493 e. The topological polar surface area (TPSA) is 59.9 Å². The second-order valence-corrected chi connectivity index (χ2v) is 5.11. The van der Waals surface area contributed by atoms with Gasteiger partial charge in [0.15, 0.2) is 11.5 Å². The van der Waals surface area contributed by atoms with E-state index in [1.54, 1.807) is 14.2 Å². The molecular weight excluding hydrogens is 280 g/mol.